The van der Waals surface area contributed by atoms with Crippen molar-refractivity contribution in [2.24, 2.45) is 0 Å². The average Bonchev–Trinajstić information content (AvgIpc) is 2.03. The lowest BCUT2D eigenvalue weighted by Gasteiger charge is -2.06. The van der Waals surface area contributed by atoms with Crippen LogP contribution in [0.1, 0.15) is 13.3 Å². The lowest BCUT2D eigenvalue weighted by molar-refractivity contribution is 0.309. The Hall–Kier alpha value is -0.830. The first-order valence-electron chi connectivity index (χ1n) is 3.89. The van der Waals surface area contributed by atoms with Crippen LogP contribution < -0.4 is 4.74 Å². The van der Waals surface area contributed by atoms with Crippen LogP contribution in [-0.2, 0) is 0 Å². The van der Waals surface area contributed by atoms with Crippen LogP contribution in [0.2, 0.25) is 0 Å². The smallest absolute Gasteiger partial charge is 0.132 e. The van der Waals surface area contributed by atoms with E-state index in [2.05, 4.69) is 12.6 Å². The highest BCUT2D eigenvalue weighted by molar-refractivity contribution is 7.80. The summed E-state index contributed by atoms with van der Waals surface area (Å²) in [7, 11) is 0. The number of hydrogen-bond acceptors (Lipinski definition) is 3. The monoisotopic (exact) mass is 184 g/mol. The van der Waals surface area contributed by atoms with Gasteiger partial charge in [0.05, 0.1) is 6.61 Å². The predicted octanol–water partition coefficient (Wildman–Crippen LogP) is 2.47. The third-order valence-electron chi connectivity index (χ3n) is 1.40. The van der Waals surface area contributed by atoms with Crippen molar-refractivity contribution in [3.63, 3.8) is 0 Å². The molecule has 3 heteroatoms. The van der Waals surface area contributed by atoms with Crippen molar-refractivity contribution in [3.05, 3.63) is 18.2 Å². The zero-order chi connectivity index (χ0) is 8.97. The van der Waals surface area contributed by atoms with Crippen LogP contribution in [0.4, 0.5) is 0 Å². The first kappa shape index (κ1) is 9.26. The quantitative estimate of drug-likeness (QED) is 0.707. The lowest BCUT2D eigenvalue weighted by Crippen LogP contribution is -1.95. The van der Waals surface area contributed by atoms with Crippen LogP contribution in [0.3, 0.4) is 0 Å². The molecule has 2 nitrogen and oxygen atoms in total. The van der Waals surface area contributed by atoms with Crippen molar-refractivity contribution in [3.8, 4) is 11.5 Å². The van der Waals surface area contributed by atoms with Crippen molar-refractivity contribution < 1.29 is 9.84 Å². The number of phenols is 1. The molecule has 0 aliphatic rings. The molecule has 0 atom stereocenters. The fourth-order valence-electron chi connectivity index (χ4n) is 0.840. The molecule has 0 bridgehead atoms. The Bertz CT molecular complexity index is 261. The molecular formula is C9H12O2S. The van der Waals surface area contributed by atoms with E-state index in [0.717, 1.165) is 12.2 Å². The van der Waals surface area contributed by atoms with E-state index in [4.69, 9.17) is 9.84 Å². The highest BCUT2D eigenvalue weighted by atomic mass is 32.1. The molecule has 0 heterocycles. The van der Waals surface area contributed by atoms with Gasteiger partial charge in [-0.05, 0) is 24.6 Å². The first-order chi connectivity index (χ1) is 5.74. The Morgan fingerprint density at radius 3 is 2.83 bits per heavy atom. The predicted molar refractivity (Wildman–Crippen MR) is 51.1 cm³/mol. The number of ether oxygens (including phenoxy) is 1. The van der Waals surface area contributed by atoms with Crippen molar-refractivity contribution in [1.29, 1.82) is 0 Å². The molecule has 1 N–H and O–H groups in total. The lowest BCUT2D eigenvalue weighted by atomic mass is 10.3. The maximum absolute atomic E-state index is 9.06. The molecule has 0 aliphatic carbocycles. The third kappa shape index (κ3) is 2.34. The standard InChI is InChI=1S/C9H12O2S/c1-2-5-11-8-4-3-7(10)6-9(8)12/h3-4,6,10,12H,2,5H2,1H3. The molecule has 0 spiro atoms. The second kappa shape index (κ2) is 4.26. The zero-order valence-corrected chi connectivity index (χ0v) is 7.84. The Balaban J connectivity index is 2.72. The van der Waals surface area contributed by atoms with Gasteiger partial charge in [-0.15, -0.1) is 12.6 Å². The zero-order valence-electron chi connectivity index (χ0n) is 6.95. The van der Waals surface area contributed by atoms with Gasteiger partial charge in [-0.2, -0.15) is 0 Å². The van der Waals surface area contributed by atoms with Crippen molar-refractivity contribution in [2.75, 3.05) is 6.61 Å². The van der Waals surface area contributed by atoms with Crippen LogP contribution in [0.15, 0.2) is 23.1 Å². The van der Waals surface area contributed by atoms with E-state index < -0.39 is 0 Å². The van der Waals surface area contributed by atoms with E-state index in [1.54, 1.807) is 18.2 Å². The molecule has 0 saturated carbocycles. The van der Waals surface area contributed by atoms with Gasteiger partial charge in [-0.3, -0.25) is 0 Å². The van der Waals surface area contributed by atoms with E-state index >= 15 is 0 Å². The minimum absolute atomic E-state index is 0.212. The number of rotatable bonds is 3. The highest BCUT2D eigenvalue weighted by Gasteiger charge is 1.99. The summed E-state index contributed by atoms with van der Waals surface area (Å²) in [5.74, 6) is 0.932. The SMILES string of the molecule is CCCOc1ccc(O)cc1S. The number of hydrogen-bond donors (Lipinski definition) is 2. The molecule has 0 unspecified atom stereocenters. The van der Waals surface area contributed by atoms with Gasteiger partial charge in [0.15, 0.2) is 0 Å². The largest absolute Gasteiger partial charge is 0.508 e. The summed E-state index contributed by atoms with van der Waals surface area (Å²) >= 11 is 4.16. The molecular weight excluding hydrogens is 172 g/mol. The third-order valence-corrected chi connectivity index (χ3v) is 1.75. The minimum atomic E-state index is 0.212. The minimum Gasteiger partial charge on any atom is -0.508 e. The maximum atomic E-state index is 9.06. The van der Waals surface area contributed by atoms with Crippen molar-refractivity contribution in [1.82, 2.24) is 0 Å². The van der Waals surface area contributed by atoms with Gasteiger partial charge in [0, 0.05) is 4.90 Å². The van der Waals surface area contributed by atoms with Crippen LogP contribution in [0.25, 0.3) is 0 Å². The van der Waals surface area contributed by atoms with Gasteiger partial charge < -0.3 is 9.84 Å². The molecule has 0 radical (unpaired) electrons. The van der Waals surface area contributed by atoms with E-state index in [0.29, 0.717) is 11.5 Å². The number of thiol groups is 1. The van der Waals surface area contributed by atoms with Crippen LogP contribution in [0, 0.1) is 0 Å². The van der Waals surface area contributed by atoms with Gasteiger partial charge in [-0.25, -0.2) is 0 Å². The summed E-state index contributed by atoms with van der Waals surface area (Å²) in [5, 5.41) is 9.06. The summed E-state index contributed by atoms with van der Waals surface area (Å²) in [6.07, 6.45) is 0.966. The van der Waals surface area contributed by atoms with E-state index in [1.165, 1.54) is 0 Å². The molecule has 1 rings (SSSR count). The van der Waals surface area contributed by atoms with E-state index in [-0.39, 0.29) is 5.75 Å². The molecule has 0 aliphatic heterocycles. The molecule has 66 valence electrons. The van der Waals surface area contributed by atoms with Gasteiger partial charge >= 0.3 is 0 Å². The van der Waals surface area contributed by atoms with Gasteiger partial charge in [0.2, 0.25) is 0 Å². The summed E-state index contributed by atoms with van der Waals surface area (Å²) in [5.41, 5.74) is 0. The summed E-state index contributed by atoms with van der Waals surface area (Å²) in [4.78, 5) is 0.670. The molecule has 1 aromatic carbocycles. The Morgan fingerprint density at radius 1 is 1.50 bits per heavy atom. The summed E-state index contributed by atoms with van der Waals surface area (Å²) in [6.45, 7) is 2.72. The van der Waals surface area contributed by atoms with Crippen molar-refractivity contribution in [2.45, 2.75) is 18.2 Å². The van der Waals surface area contributed by atoms with Crippen LogP contribution in [-0.4, -0.2) is 11.7 Å². The van der Waals surface area contributed by atoms with Gasteiger partial charge in [0.25, 0.3) is 0 Å². The molecule has 0 aromatic heterocycles. The Labute approximate surface area is 77.6 Å². The normalized spacial score (nSPS) is 9.83. The second-order valence-corrected chi connectivity index (χ2v) is 2.98. The maximum Gasteiger partial charge on any atom is 0.132 e. The Morgan fingerprint density at radius 2 is 2.25 bits per heavy atom. The van der Waals surface area contributed by atoms with Gasteiger partial charge in [-0.1, -0.05) is 6.92 Å². The number of aromatic hydroxyl groups is 1. The van der Waals surface area contributed by atoms with Gasteiger partial charge in [0.1, 0.15) is 11.5 Å². The van der Waals surface area contributed by atoms with Crippen molar-refractivity contribution >= 4 is 12.6 Å². The average molecular weight is 184 g/mol. The number of benzene rings is 1. The van der Waals surface area contributed by atoms with Crippen LogP contribution in [0.5, 0.6) is 11.5 Å². The first-order valence-corrected chi connectivity index (χ1v) is 4.33. The van der Waals surface area contributed by atoms with E-state index in [9.17, 15) is 0 Å². The molecule has 1 aromatic rings. The fourth-order valence-corrected chi connectivity index (χ4v) is 1.11. The Kier molecular flexibility index (Phi) is 3.29. The molecule has 0 saturated heterocycles. The molecule has 0 fully saturated rings. The topological polar surface area (TPSA) is 29.5 Å². The highest BCUT2D eigenvalue weighted by Crippen LogP contribution is 2.26. The molecule has 12 heavy (non-hydrogen) atoms. The molecule has 0 amide bonds. The van der Waals surface area contributed by atoms with E-state index in [1.807, 2.05) is 6.92 Å². The van der Waals surface area contributed by atoms with Crippen LogP contribution >= 0.6 is 12.6 Å². The number of phenolic OH excluding ortho intramolecular Hbond substituents is 1. The summed E-state index contributed by atoms with van der Waals surface area (Å²) < 4.78 is 5.35. The second-order valence-electron chi connectivity index (χ2n) is 2.50. The summed E-state index contributed by atoms with van der Waals surface area (Å²) in [6, 6.07) is 4.87. The fraction of sp³-hybridized carbons (Fsp3) is 0.333.